The first-order valence-electron chi connectivity index (χ1n) is 8.86. The van der Waals surface area contributed by atoms with Crippen molar-refractivity contribution in [3.05, 3.63) is 30.0 Å². The van der Waals surface area contributed by atoms with E-state index in [0.717, 1.165) is 5.56 Å². The van der Waals surface area contributed by atoms with Crippen molar-refractivity contribution in [3.63, 3.8) is 0 Å². The Kier molecular flexibility index (Phi) is 5.90. The highest BCUT2D eigenvalue weighted by atomic mass is 32.2. The van der Waals surface area contributed by atoms with Gasteiger partial charge in [-0.05, 0) is 30.7 Å². The summed E-state index contributed by atoms with van der Waals surface area (Å²) in [6.45, 7) is 4.42. The Morgan fingerprint density at radius 1 is 1.25 bits per heavy atom. The lowest BCUT2D eigenvalue weighted by atomic mass is 10.2. The van der Waals surface area contributed by atoms with Crippen molar-refractivity contribution in [1.82, 2.24) is 9.97 Å². The molecule has 0 unspecified atom stereocenters. The van der Waals surface area contributed by atoms with Gasteiger partial charge in [0.1, 0.15) is 11.4 Å². The predicted molar refractivity (Wildman–Crippen MR) is 108 cm³/mol. The van der Waals surface area contributed by atoms with Gasteiger partial charge in [0.05, 0.1) is 31.4 Å². The first-order chi connectivity index (χ1) is 13.3. The second kappa shape index (κ2) is 8.19. The summed E-state index contributed by atoms with van der Waals surface area (Å²) >= 11 is 0. The summed E-state index contributed by atoms with van der Waals surface area (Å²) in [6.07, 6.45) is 1.50. The zero-order valence-electron chi connectivity index (χ0n) is 16.5. The van der Waals surface area contributed by atoms with Gasteiger partial charge in [-0.3, -0.25) is 4.72 Å². The highest BCUT2D eigenvalue weighted by Crippen LogP contribution is 2.28. The lowest BCUT2D eigenvalue weighted by Crippen LogP contribution is -2.37. The lowest BCUT2D eigenvalue weighted by Gasteiger charge is -2.28. The molecule has 1 saturated heterocycles. The number of aryl methyl sites for hydroxylation is 1. The number of aromatic nitrogens is 2. The number of ether oxygens (including phenoxy) is 2. The number of rotatable bonds is 6. The Labute approximate surface area is 165 Å². The number of benzene rings is 1. The predicted octanol–water partition coefficient (Wildman–Crippen LogP) is 1.50. The summed E-state index contributed by atoms with van der Waals surface area (Å²) in [5, 5.41) is 0. The van der Waals surface area contributed by atoms with E-state index in [4.69, 9.17) is 9.47 Å². The Bertz CT molecular complexity index is 943. The van der Waals surface area contributed by atoms with Gasteiger partial charge < -0.3 is 19.3 Å². The van der Waals surface area contributed by atoms with E-state index in [2.05, 4.69) is 14.7 Å². The van der Waals surface area contributed by atoms with Crippen LogP contribution in [-0.2, 0) is 14.8 Å². The normalized spacial score (nSPS) is 14.6. The van der Waals surface area contributed by atoms with Crippen molar-refractivity contribution < 1.29 is 17.9 Å². The molecule has 1 aliphatic heterocycles. The van der Waals surface area contributed by atoms with E-state index in [-0.39, 0.29) is 4.90 Å². The highest BCUT2D eigenvalue weighted by molar-refractivity contribution is 7.92. The monoisotopic (exact) mass is 407 g/mol. The second-order valence-electron chi connectivity index (χ2n) is 6.64. The fourth-order valence-corrected chi connectivity index (χ4v) is 4.04. The molecule has 1 fully saturated rings. The molecule has 2 heterocycles. The van der Waals surface area contributed by atoms with Gasteiger partial charge in [-0.2, -0.15) is 4.98 Å². The van der Waals surface area contributed by atoms with Crippen LogP contribution in [0.3, 0.4) is 0 Å². The quantitative estimate of drug-likeness (QED) is 0.769. The molecular weight excluding hydrogens is 382 g/mol. The van der Waals surface area contributed by atoms with Gasteiger partial charge >= 0.3 is 0 Å². The van der Waals surface area contributed by atoms with E-state index in [1.54, 1.807) is 45.2 Å². The minimum absolute atomic E-state index is 0.146. The van der Waals surface area contributed by atoms with Gasteiger partial charge in [0, 0.05) is 27.2 Å². The van der Waals surface area contributed by atoms with Crippen LogP contribution in [0.4, 0.5) is 17.5 Å². The Morgan fingerprint density at radius 3 is 2.57 bits per heavy atom. The summed E-state index contributed by atoms with van der Waals surface area (Å²) in [4.78, 5) is 12.8. The standard InChI is InChI=1S/C18H25N5O4S/c1-13-11-14(5-6-16(13)26-4)28(24,25)21-15-12-19-18(20-17(15)22(2)3)23-7-9-27-10-8-23/h5-6,11-12,21H,7-10H2,1-4H3. The fraction of sp³-hybridized carbons (Fsp3) is 0.444. The number of morpholine rings is 1. The minimum atomic E-state index is -3.80. The summed E-state index contributed by atoms with van der Waals surface area (Å²) in [7, 11) is 1.36. The fourth-order valence-electron chi connectivity index (χ4n) is 2.91. The molecule has 9 nitrogen and oxygen atoms in total. The maximum atomic E-state index is 12.9. The molecule has 0 radical (unpaired) electrons. The van der Waals surface area contributed by atoms with Crippen molar-refractivity contribution in [1.29, 1.82) is 0 Å². The molecule has 3 rings (SSSR count). The van der Waals surface area contributed by atoms with E-state index in [1.807, 2.05) is 4.90 Å². The molecule has 2 aromatic rings. The van der Waals surface area contributed by atoms with Crippen LogP contribution in [0.5, 0.6) is 5.75 Å². The molecule has 1 aliphatic rings. The molecule has 1 aromatic carbocycles. The van der Waals surface area contributed by atoms with Gasteiger partial charge in [-0.25, -0.2) is 13.4 Å². The van der Waals surface area contributed by atoms with Crippen LogP contribution in [0, 0.1) is 6.92 Å². The summed E-state index contributed by atoms with van der Waals surface area (Å²) in [5.74, 6) is 1.67. The Balaban J connectivity index is 1.91. The highest BCUT2D eigenvalue weighted by Gasteiger charge is 2.21. The van der Waals surface area contributed by atoms with Gasteiger partial charge in [0.15, 0.2) is 5.82 Å². The zero-order valence-corrected chi connectivity index (χ0v) is 17.3. The van der Waals surface area contributed by atoms with E-state index in [1.165, 1.54) is 12.3 Å². The van der Waals surface area contributed by atoms with Gasteiger partial charge in [0.25, 0.3) is 10.0 Å². The number of sulfonamides is 1. The second-order valence-corrected chi connectivity index (χ2v) is 8.32. The molecule has 0 atom stereocenters. The van der Waals surface area contributed by atoms with Crippen LogP contribution < -0.4 is 19.3 Å². The molecule has 152 valence electrons. The van der Waals surface area contributed by atoms with Crippen LogP contribution >= 0.6 is 0 Å². The SMILES string of the molecule is COc1ccc(S(=O)(=O)Nc2cnc(N3CCOCC3)nc2N(C)C)cc1C. The Morgan fingerprint density at radius 2 is 1.96 bits per heavy atom. The number of hydrogen-bond acceptors (Lipinski definition) is 8. The molecule has 0 bridgehead atoms. The van der Waals surface area contributed by atoms with E-state index < -0.39 is 10.0 Å². The number of anilines is 3. The Hall–Kier alpha value is -2.59. The van der Waals surface area contributed by atoms with E-state index >= 15 is 0 Å². The topological polar surface area (TPSA) is 96.9 Å². The van der Waals surface area contributed by atoms with Crippen molar-refractivity contribution in [3.8, 4) is 5.75 Å². The molecule has 0 saturated carbocycles. The summed E-state index contributed by atoms with van der Waals surface area (Å²) in [6, 6.07) is 4.71. The summed E-state index contributed by atoms with van der Waals surface area (Å²) < 4.78 is 38.9. The zero-order chi connectivity index (χ0) is 20.3. The van der Waals surface area contributed by atoms with Crippen LogP contribution in [0.1, 0.15) is 5.56 Å². The van der Waals surface area contributed by atoms with Crippen LogP contribution in [0.25, 0.3) is 0 Å². The van der Waals surface area contributed by atoms with Gasteiger partial charge in [-0.1, -0.05) is 0 Å². The van der Waals surface area contributed by atoms with Crippen molar-refractivity contribution >= 4 is 27.5 Å². The van der Waals surface area contributed by atoms with Crippen molar-refractivity contribution in [2.45, 2.75) is 11.8 Å². The maximum Gasteiger partial charge on any atom is 0.262 e. The third-order valence-electron chi connectivity index (χ3n) is 4.39. The van der Waals surface area contributed by atoms with Gasteiger partial charge in [-0.15, -0.1) is 0 Å². The third-order valence-corrected chi connectivity index (χ3v) is 5.76. The average Bonchev–Trinajstić information content (AvgIpc) is 2.68. The smallest absolute Gasteiger partial charge is 0.262 e. The molecule has 0 amide bonds. The molecule has 0 aliphatic carbocycles. The van der Waals surface area contributed by atoms with Crippen LogP contribution in [0.15, 0.2) is 29.3 Å². The third kappa shape index (κ3) is 4.28. The summed E-state index contributed by atoms with van der Waals surface area (Å²) in [5.41, 5.74) is 1.05. The molecule has 10 heteroatoms. The van der Waals surface area contributed by atoms with E-state index in [9.17, 15) is 8.42 Å². The molecule has 1 aromatic heterocycles. The minimum Gasteiger partial charge on any atom is -0.496 e. The first kappa shape index (κ1) is 20.2. The lowest BCUT2D eigenvalue weighted by molar-refractivity contribution is 0.122. The molecule has 0 spiro atoms. The van der Waals surface area contributed by atoms with Gasteiger partial charge in [0.2, 0.25) is 5.95 Å². The largest absolute Gasteiger partial charge is 0.496 e. The molecule has 28 heavy (non-hydrogen) atoms. The number of nitrogens with zero attached hydrogens (tertiary/aromatic N) is 4. The van der Waals surface area contributed by atoms with Crippen molar-refractivity contribution in [2.24, 2.45) is 0 Å². The van der Waals surface area contributed by atoms with E-state index in [0.29, 0.717) is 49.5 Å². The van der Waals surface area contributed by atoms with Crippen LogP contribution in [0.2, 0.25) is 0 Å². The number of nitrogens with one attached hydrogen (secondary N) is 1. The average molecular weight is 407 g/mol. The first-order valence-corrected chi connectivity index (χ1v) is 10.3. The molecule has 1 N–H and O–H groups in total. The number of hydrogen-bond donors (Lipinski definition) is 1. The maximum absolute atomic E-state index is 12.9. The van der Waals surface area contributed by atoms with Crippen LogP contribution in [-0.4, -0.2) is 65.9 Å². The number of methoxy groups -OCH3 is 1. The van der Waals surface area contributed by atoms with Crippen molar-refractivity contribution in [2.75, 3.05) is 62.0 Å². The molecular formula is C18H25N5O4S.